The van der Waals surface area contributed by atoms with Gasteiger partial charge in [0.2, 0.25) is 0 Å². The van der Waals surface area contributed by atoms with Crippen LogP contribution in [0.2, 0.25) is 0 Å². The van der Waals surface area contributed by atoms with Gasteiger partial charge in [0.1, 0.15) is 0 Å². The average molecular weight is 218 g/mol. The number of fused-ring (bicyclic) bond motifs is 1. The Balaban J connectivity index is 2.43. The van der Waals surface area contributed by atoms with E-state index in [2.05, 4.69) is 13.8 Å². The van der Waals surface area contributed by atoms with Crippen LogP contribution in [0.15, 0.2) is 24.3 Å². The van der Waals surface area contributed by atoms with Gasteiger partial charge < -0.3 is 10.6 Å². The van der Waals surface area contributed by atoms with Crippen LogP contribution < -0.4 is 5.73 Å². The van der Waals surface area contributed by atoms with Crippen LogP contribution in [0.1, 0.15) is 42.2 Å². The molecule has 0 bridgehead atoms. The maximum atomic E-state index is 12.2. The van der Waals surface area contributed by atoms with E-state index < -0.39 is 0 Å². The lowest BCUT2D eigenvalue weighted by Crippen LogP contribution is -2.38. The maximum absolute atomic E-state index is 12.2. The van der Waals surface area contributed by atoms with Crippen molar-refractivity contribution in [1.82, 2.24) is 4.90 Å². The molecule has 1 heterocycles. The van der Waals surface area contributed by atoms with Crippen LogP contribution in [0.3, 0.4) is 0 Å². The highest BCUT2D eigenvalue weighted by molar-refractivity contribution is 5.99. The van der Waals surface area contributed by atoms with Crippen LogP contribution in [0.4, 0.5) is 0 Å². The largest absolute Gasteiger partial charge is 0.328 e. The van der Waals surface area contributed by atoms with E-state index in [0.29, 0.717) is 6.54 Å². The van der Waals surface area contributed by atoms with Crippen molar-refractivity contribution >= 4 is 5.91 Å². The Labute approximate surface area is 96.2 Å². The van der Waals surface area contributed by atoms with Crippen molar-refractivity contribution in [3.8, 4) is 0 Å². The first kappa shape index (κ1) is 11.1. The molecule has 3 heteroatoms. The van der Waals surface area contributed by atoms with Gasteiger partial charge >= 0.3 is 0 Å². The van der Waals surface area contributed by atoms with E-state index in [9.17, 15) is 4.79 Å². The third-order valence-electron chi connectivity index (χ3n) is 3.41. The van der Waals surface area contributed by atoms with Crippen LogP contribution in [0.25, 0.3) is 0 Å². The molecule has 2 N–H and O–H groups in total. The van der Waals surface area contributed by atoms with E-state index in [1.165, 1.54) is 0 Å². The molecule has 0 spiro atoms. The van der Waals surface area contributed by atoms with Crippen LogP contribution >= 0.6 is 0 Å². The van der Waals surface area contributed by atoms with Crippen LogP contribution in [0.5, 0.6) is 0 Å². The quantitative estimate of drug-likeness (QED) is 0.842. The number of hydrogen-bond donors (Lipinski definition) is 1. The second kappa shape index (κ2) is 4.26. The van der Waals surface area contributed by atoms with Crippen molar-refractivity contribution in [1.29, 1.82) is 0 Å². The standard InChI is InChI=1S/C13H18N2O/c1-3-9(2)15-12(8-14)10-6-4-5-7-11(10)13(15)16/h4-7,9,12H,3,8,14H2,1-2H3/t9-,12+/m0/s1. The normalized spacial score (nSPS) is 21.1. The molecular weight excluding hydrogens is 200 g/mol. The van der Waals surface area contributed by atoms with Crippen molar-refractivity contribution in [3.63, 3.8) is 0 Å². The Morgan fingerprint density at radius 1 is 1.44 bits per heavy atom. The fourth-order valence-corrected chi connectivity index (χ4v) is 2.36. The van der Waals surface area contributed by atoms with Gasteiger partial charge in [-0.25, -0.2) is 0 Å². The summed E-state index contributed by atoms with van der Waals surface area (Å²) in [6.07, 6.45) is 0.955. The summed E-state index contributed by atoms with van der Waals surface area (Å²) in [6.45, 7) is 4.66. The monoisotopic (exact) mass is 218 g/mol. The van der Waals surface area contributed by atoms with Crippen molar-refractivity contribution in [2.24, 2.45) is 5.73 Å². The van der Waals surface area contributed by atoms with Crippen LogP contribution in [-0.4, -0.2) is 23.4 Å². The van der Waals surface area contributed by atoms with Gasteiger partial charge in [-0.15, -0.1) is 0 Å². The lowest BCUT2D eigenvalue weighted by atomic mass is 10.0. The highest BCUT2D eigenvalue weighted by Crippen LogP contribution is 2.34. The van der Waals surface area contributed by atoms with E-state index in [0.717, 1.165) is 17.5 Å². The summed E-state index contributed by atoms with van der Waals surface area (Å²) >= 11 is 0. The Hall–Kier alpha value is -1.35. The summed E-state index contributed by atoms with van der Waals surface area (Å²) in [5.41, 5.74) is 7.70. The molecule has 1 aromatic carbocycles. The molecule has 0 saturated carbocycles. The first-order valence-corrected chi connectivity index (χ1v) is 5.82. The first-order chi connectivity index (χ1) is 7.70. The average Bonchev–Trinajstić information content (AvgIpc) is 2.62. The molecular formula is C13H18N2O. The van der Waals surface area contributed by atoms with Gasteiger partial charge in [0.15, 0.2) is 0 Å². The van der Waals surface area contributed by atoms with Crippen molar-refractivity contribution < 1.29 is 4.79 Å². The molecule has 1 amide bonds. The third-order valence-corrected chi connectivity index (χ3v) is 3.41. The number of nitrogens with zero attached hydrogens (tertiary/aromatic N) is 1. The number of hydrogen-bond acceptors (Lipinski definition) is 2. The van der Waals surface area contributed by atoms with Gasteiger partial charge in [-0.3, -0.25) is 4.79 Å². The number of amides is 1. The molecule has 3 nitrogen and oxygen atoms in total. The Morgan fingerprint density at radius 3 is 2.75 bits per heavy atom. The van der Waals surface area contributed by atoms with Gasteiger partial charge in [0, 0.05) is 18.2 Å². The Morgan fingerprint density at radius 2 is 2.12 bits per heavy atom. The molecule has 2 atom stereocenters. The number of nitrogens with two attached hydrogens (primary N) is 1. The molecule has 16 heavy (non-hydrogen) atoms. The zero-order valence-corrected chi connectivity index (χ0v) is 9.81. The molecule has 1 aliphatic heterocycles. The van der Waals surface area contributed by atoms with Crippen molar-refractivity contribution in [3.05, 3.63) is 35.4 Å². The summed E-state index contributed by atoms with van der Waals surface area (Å²) in [6, 6.07) is 8.07. The minimum absolute atomic E-state index is 0.0543. The second-order valence-corrected chi connectivity index (χ2v) is 4.31. The van der Waals surface area contributed by atoms with Crippen molar-refractivity contribution in [2.75, 3.05) is 6.54 Å². The van der Waals surface area contributed by atoms with E-state index in [4.69, 9.17) is 5.73 Å². The molecule has 0 unspecified atom stereocenters. The van der Waals surface area contributed by atoms with Gasteiger partial charge in [0.25, 0.3) is 5.91 Å². The molecule has 1 aliphatic rings. The second-order valence-electron chi connectivity index (χ2n) is 4.31. The molecule has 2 rings (SSSR count). The van der Waals surface area contributed by atoms with E-state index >= 15 is 0 Å². The Bertz CT molecular complexity index is 403. The minimum Gasteiger partial charge on any atom is -0.328 e. The number of benzene rings is 1. The van der Waals surface area contributed by atoms with E-state index in [-0.39, 0.29) is 18.0 Å². The van der Waals surface area contributed by atoms with E-state index in [1.807, 2.05) is 29.2 Å². The van der Waals surface area contributed by atoms with Crippen LogP contribution in [-0.2, 0) is 0 Å². The van der Waals surface area contributed by atoms with Gasteiger partial charge in [-0.1, -0.05) is 25.1 Å². The fourth-order valence-electron chi connectivity index (χ4n) is 2.36. The summed E-state index contributed by atoms with van der Waals surface area (Å²) in [5, 5.41) is 0. The highest BCUT2D eigenvalue weighted by Gasteiger charge is 2.37. The molecule has 0 aliphatic carbocycles. The topological polar surface area (TPSA) is 46.3 Å². The van der Waals surface area contributed by atoms with E-state index in [1.54, 1.807) is 0 Å². The fraction of sp³-hybridized carbons (Fsp3) is 0.462. The van der Waals surface area contributed by atoms with Gasteiger partial charge in [-0.05, 0) is 25.0 Å². The molecule has 0 aromatic heterocycles. The lowest BCUT2D eigenvalue weighted by molar-refractivity contribution is 0.0647. The zero-order valence-electron chi connectivity index (χ0n) is 9.81. The minimum atomic E-state index is 0.0543. The summed E-state index contributed by atoms with van der Waals surface area (Å²) in [7, 11) is 0. The number of carbonyl (C=O) groups is 1. The first-order valence-electron chi connectivity index (χ1n) is 5.82. The van der Waals surface area contributed by atoms with Gasteiger partial charge in [0.05, 0.1) is 6.04 Å². The summed E-state index contributed by atoms with van der Waals surface area (Å²) in [4.78, 5) is 14.2. The lowest BCUT2D eigenvalue weighted by Gasteiger charge is -2.29. The number of rotatable bonds is 3. The summed E-state index contributed by atoms with van der Waals surface area (Å²) < 4.78 is 0. The Kier molecular flexibility index (Phi) is 2.97. The SMILES string of the molecule is CC[C@H](C)N1C(=O)c2ccccc2[C@H]1CN. The highest BCUT2D eigenvalue weighted by atomic mass is 16.2. The molecule has 0 saturated heterocycles. The molecule has 1 aromatic rings. The third kappa shape index (κ3) is 1.52. The molecule has 86 valence electrons. The van der Waals surface area contributed by atoms with Gasteiger partial charge in [-0.2, -0.15) is 0 Å². The zero-order chi connectivity index (χ0) is 11.7. The molecule has 0 radical (unpaired) electrons. The number of carbonyl (C=O) groups excluding carboxylic acids is 1. The summed E-state index contributed by atoms with van der Waals surface area (Å²) in [5.74, 6) is 0.125. The van der Waals surface area contributed by atoms with Crippen LogP contribution in [0, 0.1) is 0 Å². The molecule has 0 fully saturated rings. The smallest absolute Gasteiger partial charge is 0.255 e. The maximum Gasteiger partial charge on any atom is 0.255 e. The predicted molar refractivity (Wildman–Crippen MR) is 64.2 cm³/mol. The van der Waals surface area contributed by atoms with Crippen molar-refractivity contribution in [2.45, 2.75) is 32.4 Å². The predicted octanol–water partition coefficient (Wildman–Crippen LogP) is 1.94.